The van der Waals surface area contributed by atoms with Gasteiger partial charge >= 0.3 is 0 Å². The summed E-state index contributed by atoms with van der Waals surface area (Å²) in [6.07, 6.45) is 3.05. The second kappa shape index (κ2) is 8.34. The molecular formula is C21H18F2N6O2. The number of carbonyl (C=O) groups excluding carboxylic acids is 1. The Morgan fingerprint density at radius 3 is 2.61 bits per heavy atom. The number of nitrogens with zero attached hydrogens (tertiary/aromatic N) is 3. The number of amides is 1. The lowest BCUT2D eigenvalue weighted by Gasteiger charge is -2.10. The molecule has 3 heterocycles. The third kappa shape index (κ3) is 4.13. The van der Waals surface area contributed by atoms with E-state index in [1.807, 2.05) is 6.92 Å². The Bertz CT molecular complexity index is 1240. The Hall–Kier alpha value is -4.08. The van der Waals surface area contributed by atoms with Gasteiger partial charge in [-0.3, -0.25) is 9.78 Å². The minimum Gasteiger partial charge on any atom is -0.494 e. The van der Waals surface area contributed by atoms with Crippen molar-refractivity contribution in [1.82, 2.24) is 25.3 Å². The van der Waals surface area contributed by atoms with Crippen LogP contribution >= 0.6 is 0 Å². The normalized spacial score (nSPS) is 10.9. The molecule has 31 heavy (non-hydrogen) atoms. The molecule has 3 aromatic heterocycles. The fraction of sp³-hybridized carbons (Fsp3) is 0.143. The molecule has 4 N–H and O–H groups in total. The van der Waals surface area contributed by atoms with Crippen LogP contribution < -0.4 is 10.6 Å². The molecule has 1 aromatic carbocycles. The fourth-order valence-electron chi connectivity index (χ4n) is 3.10. The number of pyridine rings is 1. The van der Waals surface area contributed by atoms with Gasteiger partial charge in [-0.15, -0.1) is 0 Å². The third-order valence-electron chi connectivity index (χ3n) is 4.51. The molecule has 0 aliphatic carbocycles. The quantitative estimate of drug-likeness (QED) is 0.377. The van der Waals surface area contributed by atoms with E-state index in [-0.39, 0.29) is 46.3 Å². The largest absolute Gasteiger partial charge is 0.494 e. The first-order valence-corrected chi connectivity index (χ1v) is 9.47. The maximum atomic E-state index is 14.3. The zero-order valence-electron chi connectivity index (χ0n) is 16.4. The van der Waals surface area contributed by atoms with Crippen molar-refractivity contribution < 1.29 is 18.7 Å². The van der Waals surface area contributed by atoms with E-state index >= 15 is 0 Å². The molecular weight excluding hydrogens is 406 g/mol. The molecule has 0 saturated carbocycles. The molecule has 0 fully saturated rings. The average Bonchev–Trinajstić information content (AvgIpc) is 3.11. The van der Waals surface area contributed by atoms with Gasteiger partial charge in [0.15, 0.2) is 5.82 Å². The first-order valence-electron chi connectivity index (χ1n) is 9.47. The van der Waals surface area contributed by atoms with Gasteiger partial charge in [-0.2, -0.15) is 0 Å². The number of fused-ring (bicyclic) bond motifs is 1. The summed E-state index contributed by atoms with van der Waals surface area (Å²) in [6, 6.07) is 6.84. The van der Waals surface area contributed by atoms with E-state index in [2.05, 4.69) is 30.6 Å². The predicted octanol–water partition coefficient (Wildman–Crippen LogP) is 3.43. The smallest absolute Gasteiger partial charge is 0.226 e. The Morgan fingerprint density at radius 1 is 1.16 bits per heavy atom. The van der Waals surface area contributed by atoms with Crippen molar-refractivity contribution in [3.63, 3.8) is 0 Å². The van der Waals surface area contributed by atoms with Gasteiger partial charge in [-0.05, 0) is 31.2 Å². The standard InChI is InChI=1S/C21H18F2N6O2/c1-2-24-16(30)8-11-6-7-12(9-25-11)27-20-18-15(10-26-21(18)31)28-19(29-20)17-13(22)4-3-5-14(17)23/h3-7,9-10,26,31H,2,8H2,1H3,(H,24,30)(H,27,28,29). The van der Waals surface area contributed by atoms with E-state index in [0.29, 0.717) is 17.9 Å². The number of nitrogens with one attached hydrogen (secondary N) is 3. The Labute approximate surface area is 175 Å². The Morgan fingerprint density at radius 2 is 1.94 bits per heavy atom. The number of hydrogen-bond donors (Lipinski definition) is 4. The molecule has 0 unspecified atom stereocenters. The minimum atomic E-state index is -0.804. The van der Waals surface area contributed by atoms with Crippen molar-refractivity contribution in [2.75, 3.05) is 11.9 Å². The van der Waals surface area contributed by atoms with Crippen molar-refractivity contribution in [3.8, 4) is 17.3 Å². The van der Waals surface area contributed by atoms with Crippen LogP contribution in [0.25, 0.3) is 22.3 Å². The number of rotatable bonds is 6. The van der Waals surface area contributed by atoms with Gasteiger partial charge in [0.1, 0.15) is 22.8 Å². The summed E-state index contributed by atoms with van der Waals surface area (Å²) in [6.45, 7) is 2.37. The van der Waals surface area contributed by atoms with Crippen LogP contribution in [-0.2, 0) is 11.2 Å². The molecule has 0 saturated heterocycles. The average molecular weight is 424 g/mol. The lowest BCUT2D eigenvalue weighted by Crippen LogP contribution is -2.24. The summed E-state index contributed by atoms with van der Waals surface area (Å²) in [7, 11) is 0. The molecule has 4 rings (SSSR count). The molecule has 0 atom stereocenters. The summed E-state index contributed by atoms with van der Waals surface area (Å²) < 4.78 is 28.5. The van der Waals surface area contributed by atoms with Gasteiger partial charge < -0.3 is 20.7 Å². The number of hydrogen-bond acceptors (Lipinski definition) is 6. The van der Waals surface area contributed by atoms with E-state index in [4.69, 9.17) is 0 Å². The van der Waals surface area contributed by atoms with Crippen molar-refractivity contribution in [3.05, 3.63) is 60.1 Å². The van der Waals surface area contributed by atoms with E-state index < -0.39 is 11.6 Å². The van der Waals surface area contributed by atoms with Crippen LogP contribution in [0.5, 0.6) is 5.88 Å². The first kappa shape index (κ1) is 20.2. The van der Waals surface area contributed by atoms with Crippen LogP contribution in [-0.4, -0.2) is 37.5 Å². The molecule has 4 aromatic rings. The van der Waals surface area contributed by atoms with E-state index in [0.717, 1.165) is 12.1 Å². The van der Waals surface area contributed by atoms with Gasteiger partial charge in [0.25, 0.3) is 0 Å². The van der Waals surface area contributed by atoms with Crippen LogP contribution in [0.1, 0.15) is 12.6 Å². The predicted molar refractivity (Wildman–Crippen MR) is 111 cm³/mol. The molecule has 10 heteroatoms. The number of benzene rings is 1. The lowest BCUT2D eigenvalue weighted by atomic mass is 10.1. The van der Waals surface area contributed by atoms with Crippen LogP contribution in [0.2, 0.25) is 0 Å². The molecule has 8 nitrogen and oxygen atoms in total. The maximum absolute atomic E-state index is 14.3. The van der Waals surface area contributed by atoms with Gasteiger partial charge in [0.05, 0.1) is 29.4 Å². The number of likely N-dealkylation sites (N-methyl/N-ethyl adjacent to an activating group) is 1. The number of aromatic hydroxyl groups is 1. The molecule has 0 spiro atoms. The molecule has 0 radical (unpaired) electrons. The maximum Gasteiger partial charge on any atom is 0.226 e. The van der Waals surface area contributed by atoms with Gasteiger partial charge in [-0.1, -0.05) is 6.07 Å². The van der Waals surface area contributed by atoms with Crippen molar-refractivity contribution in [2.45, 2.75) is 13.3 Å². The zero-order chi connectivity index (χ0) is 22.0. The SMILES string of the molecule is CCNC(=O)Cc1ccc(Nc2nc(-c3c(F)cccc3F)nc3c[nH]c(O)c23)cn1. The molecule has 0 bridgehead atoms. The minimum absolute atomic E-state index is 0.137. The summed E-state index contributed by atoms with van der Waals surface area (Å²) in [5, 5.41) is 16.1. The second-order valence-corrected chi connectivity index (χ2v) is 6.68. The van der Waals surface area contributed by atoms with Crippen LogP contribution in [0.3, 0.4) is 0 Å². The number of aromatic amines is 1. The monoisotopic (exact) mass is 424 g/mol. The van der Waals surface area contributed by atoms with Crippen LogP contribution in [0, 0.1) is 11.6 Å². The third-order valence-corrected chi connectivity index (χ3v) is 4.51. The van der Waals surface area contributed by atoms with Crippen LogP contribution in [0.15, 0.2) is 42.7 Å². The highest BCUT2D eigenvalue weighted by molar-refractivity contribution is 5.96. The summed E-state index contributed by atoms with van der Waals surface area (Å²) >= 11 is 0. The topological polar surface area (TPSA) is 116 Å². The molecule has 1 amide bonds. The van der Waals surface area contributed by atoms with Gasteiger partial charge in [0.2, 0.25) is 11.8 Å². The van der Waals surface area contributed by atoms with Gasteiger partial charge in [0, 0.05) is 18.4 Å². The van der Waals surface area contributed by atoms with Crippen molar-refractivity contribution in [1.29, 1.82) is 0 Å². The Kier molecular flexibility index (Phi) is 5.44. The number of aromatic nitrogens is 4. The van der Waals surface area contributed by atoms with E-state index in [9.17, 15) is 18.7 Å². The van der Waals surface area contributed by atoms with Crippen molar-refractivity contribution in [2.24, 2.45) is 0 Å². The van der Waals surface area contributed by atoms with Crippen molar-refractivity contribution >= 4 is 28.3 Å². The highest BCUT2D eigenvalue weighted by atomic mass is 19.1. The summed E-state index contributed by atoms with van der Waals surface area (Å²) in [5.41, 5.74) is 0.972. The number of halogens is 2. The summed E-state index contributed by atoms with van der Waals surface area (Å²) in [4.78, 5) is 27.0. The van der Waals surface area contributed by atoms with Gasteiger partial charge in [-0.25, -0.2) is 18.7 Å². The van der Waals surface area contributed by atoms with E-state index in [1.54, 1.807) is 12.1 Å². The van der Waals surface area contributed by atoms with E-state index in [1.165, 1.54) is 18.5 Å². The number of anilines is 2. The number of carbonyl (C=O) groups is 1. The molecule has 0 aliphatic rings. The van der Waals surface area contributed by atoms with Crippen LogP contribution in [0.4, 0.5) is 20.3 Å². The highest BCUT2D eigenvalue weighted by Gasteiger charge is 2.19. The first-order chi connectivity index (χ1) is 15.0. The lowest BCUT2D eigenvalue weighted by molar-refractivity contribution is -0.120. The molecule has 0 aliphatic heterocycles. The highest BCUT2D eigenvalue weighted by Crippen LogP contribution is 2.34. The molecule has 158 valence electrons. The Balaban J connectivity index is 1.70. The number of H-pyrrole nitrogens is 1. The zero-order valence-corrected chi connectivity index (χ0v) is 16.4. The fourth-order valence-corrected chi connectivity index (χ4v) is 3.10. The summed E-state index contributed by atoms with van der Waals surface area (Å²) in [5.74, 6) is -1.98. The second-order valence-electron chi connectivity index (χ2n) is 6.68.